The predicted octanol–water partition coefficient (Wildman–Crippen LogP) is 2.28. The monoisotopic (exact) mass is 302 g/mol. The molecule has 4 N–H and O–H groups in total. The molecule has 0 aromatic carbocycles. The fourth-order valence-electron chi connectivity index (χ4n) is 1.55. The molecule has 0 bridgehead atoms. The molecule has 19 heavy (non-hydrogen) atoms. The number of halogens is 1. The molecule has 0 saturated heterocycles. The van der Waals surface area contributed by atoms with Gasteiger partial charge in [-0.05, 0) is 37.0 Å². The molecule has 5 nitrogen and oxygen atoms in total. The molecular weight excluding hydrogens is 284 g/mol. The van der Waals surface area contributed by atoms with E-state index in [2.05, 4.69) is 22.0 Å². The van der Waals surface area contributed by atoms with Gasteiger partial charge in [-0.15, -0.1) is 0 Å². The number of thioether (sulfide) groups is 1. The van der Waals surface area contributed by atoms with E-state index in [9.17, 15) is 4.79 Å². The first-order valence-corrected chi connectivity index (χ1v) is 7.86. The zero-order valence-electron chi connectivity index (χ0n) is 10.9. The Morgan fingerprint density at radius 3 is 2.89 bits per heavy atom. The van der Waals surface area contributed by atoms with Crippen LogP contribution in [0.15, 0.2) is 12.1 Å². The smallest absolute Gasteiger partial charge is 0.251 e. The molecule has 1 rings (SSSR count). The van der Waals surface area contributed by atoms with Crippen molar-refractivity contribution >= 4 is 35.1 Å². The molecule has 106 valence electrons. The van der Waals surface area contributed by atoms with Crippen LogP contribution in [0.2, 0.25) is 5.15 Å². The van der Waals surface area contributed by atoms with E-state index in [1.165, 1.54) is 18.2 Å². The SMILES string of the molecule is CSCCCCCNC(=O)c1cc(Cl)nc(NN)c1. The van der Waals surface area contributed by atoms with Crippen LogP contribution in [0.5, 0.6) is 0 Å². The number of hydrogen-bond acceptors (Lipinski definition) is 5. The number of anilines is 1. The van der Waals surface area contributed by atoms with Crippen molar-refractivity contribution in [2.24, 2.45) is 5.84 Å². The second kappa shape index (κ2) is 9.01. The highest BCUT2D eigenvalue weighted by Crippen LogP contribution is 2.13. The van der Waals surface area contributed by atoms with Crippen molar-refractivity contribution in [2.45, 2.75) is 19.3 Å². The second-order valence-corrected chi connectivity index (χ2v) is 5.39. The Bertz CT molecular complexity index is 417. The Labute approximate surface area is 122 Å². The number of hydrazine groups is 1. The first-order chi connectivity index (χ1) is 9.17. The summed E-state index contributed by atoms with van der Waals surface area (Å²) in [6.07, 6.45) is 5.37. The second-order valence-electron chi connectivity index (χ2n) is 4.02. The third-order valence-electron chi connectivity index (χ3n) is 2.51. The minimum absolute atomic E-state index is 0.161. The first-order valence-electron chi connectivity index (χ1n) is 6.08. The number of nitrogen functional groups attached to an aromatic ring is 1. The highest BCUT2D eigenvalue weighted by Gasteiger charge is 2.08. The quantitative estimate of drug-likeness (QED) is 0.297. The maximum absolute atomic E-state index is 11.9. The minimum atomic E-state index is -0.161. The van der Waals surface area contributed by atoms with E-state index in [0.717, 1.165) is 12.8 Å². The first kappa shape index (κ1) is 16.1. The van der Waals surface area contributed by atoms with Gasteiger partial charge in [0.05, 0.1) is 0 Å². The van der Waals surface area contributed by atoms with Gasteiger partial charge < -0.3 is 10.7 Å². The van der Waals surface area contributed by atoms with Crippen molar-refractivity contribution in [2.75, 3.05) is 24.0 Å². The lowest BCUT2D eigenvalue weighted by atomic mass is 10.2. The summed E-state index contributed by atoms with van der Waals surface area (Å²) in [6, 6.07) is 3.08. The average Bonchev–Trinajstić information content (AvgIpc) is 2.41. The largest absolute Gasteiger partial charge is 0.352 e. The zero-order valence-corrected chi connectivity index (χ0v) is 12.5. The molecule has 0 aliphatic carbocycles. The van der Waals surface area contributed by atoms with Gasteiger partial charge in [0.25, 0.3) is 5.91 Å². The molecule has 0 spiro atoms. The van der Waals surface area contributed by atoms with Gasteiger partial charge in [-0.1, -0.05) is 18.0 Å². The predicted molar refractivity (Wildman–Crippen MR) is 81.6 cm³/mol. The lowest BCUT2D eigenvalue weighted by Gasteiger charge is -2.07. The van der Waals surface area contributed by atoms with Crippen molar-refractivity contribution in [3.8, 4) is 0 Å². The number of aromatic nitrogens is 1. The summed E-state index contributed by atoms with van der Waals surface area (Å²) in [5.41, 5.74) is 2.83. The van der Waals surface area contributed by atoms with Gasteiger partial charge in [-0.3, -0.25) is 4.79 Å². The van der Waals surface area contributed by atoms with Gasteiger partial charge in [0.15, 0.2) is 0 Å². The third-order valence-corrected chi connectivity index (χ3v) is 3.41. The summed E-state index contributed by atoms with van der Waals surface area (Å²) in [5.74, 6) is 6.63. The summed E-state index contributed by atoms with van der Waals surface area (Å²) in [6.45, 7) is 0.665. The van der Waals surface area contributed by atoms with Gasteiger partial charge in [0.1, 0.15) is 11.0 Å². The number of hydrogen-bond donors (Lipinski definition) is 3. The number of carbonyl (C=O) groups excluding carboxylic acids is 1. The molecule has 1 aromatic heterocycles. The summed E-state index contributed by atoms with van der Waals surface area (Å²) in [5, 5.41) is 3.09. The number of carbonyl (C=O) groups is 1. The van der Waals surface area contributed by atoms with Gasteiger partial charge >= 0.3 is 0 Å². The van der Waals surface area contributed by atoms with Crippen LogP contribution in [0, 0.1) is 0 Å². The van der Waals surface area contributed by atoms with E-state index in [-0.39, 0.29) is 11.1 Å². The molecular formula is C12H19ClN4OS. The van der Waals surface area contributed by atoms with Crippen molar-refractivity contribution in [3.63, 3.8) is 0 Å². The van der Waals surface area contributed by atoms with Crippen LogP contribution in [0.25, 0.3) is 0 Å². The van der Waals surface area contributed by atoms with Crippen molar-refractivity contribution < 1.29 is 4.79 Å². The third kappa shape index (κ3) is 6.13. The fraction of sp³-hybridized carbons (Fsp3) is 0.500. The van der Waals surface area contributed by atoms with Crippen LogP contribution in [0.3, 0.4) is 0 Å². The van der Waals surface area contributed by atoms with E-state index < -0.39 is 0 Å². The highest BCUT2D eigenvalue weighted by atomic mass is 35.5. The van der Waals surface area contributed by atoms with Gasteiger partial charge in [-0.25, -0.2) is 10.8 Å². The average molecular weight is 303 g/mol. The molecule has 0 aliphatic heterocycles. The van der Waals surface area contributed by atoms with E-state index in [0.29, 0.717) is 17.9 Å². The van der Waals surface area contributed by atoms with Gasteiger partial charge in [0.2, 0.25) is 0 Å². The molecule has 0 atom stereocenters. The molecule has 0 aliphatic rings. The molecule has 1 heterocycles. The summed E-state index contributed by atoms with van der Waals surface area (Å²) in [4.78, 5) is 15.8. The van der Waals surface area contributed by atoms with Crippen LogP contribution in [-0.2, 0) is 0 Å². The van der Waals surface area contributed by atoms with Crippen LogP contribution < -0.4 is 16.6 Å². The lowest BCUT2D eigenvalue weighted by molar-refractivity contribution is 0.0953. The van der Waals surface area contributed by atoms with E-state index >= 15 is 0 Å². The number of nitrogens with two attached hydrogens (primary N) is 1. The van der Waals surface area contributed by atoms with Crippen LogP contribution in [0.4, 0.5) is 5.82 Å². The summed E-state index contributed by atoms with van der Waals surface area (Å²) >= 11 is 7.64. The number of nitrogens with one attached hydrogen (secondary N) is 2. The van der Waals surface area contributed by atoms with Crippen LogP contribution in [0.1, 0.15) is 29.6 Å². The number of nitrogens with zero attached hydrogens (tertiary/aromatic N) is 1. The lowest BCUT2D eigenvalue weighted by Crippen LogP contribution is -2.25. The molecule has 0 radical (unpaired) electrons. The minimum Gasteiger partial charge on any atom is -0.352 e. The van der Waals surface area contributed by atoms with Crippen molar-refractivity contribution in [1.29, 1.82) is 0 Å². The van der Waals surface area contributed by atoms with E-state index in [4.69, 9.17) is 17.4 Å². The molecule has 0 fully saturated rings. The number of rotatable bonds is 8. The molecule has 1 amide bonds. The summed E-state index contributed by atoms with van der Waals surface area (Å²) in [7, 11) is 0. The number of pyridine rings is 1. The maximum atomic E-state index is 11.9. The van der Waals surface area contributed by atoms with Crippen molar-refractivity contribution in [1.82, 2.24) is 10.3 Å². The van der Waals surface area contributed by atoms with E-state index in [1.54, 1.807) is 6.07 Å². The Kier molecular flexibility index (Phi) is 7.62. The molecule has 0 saturated carbocycles. The standard InChI is InChI=1S/C12H19ClN4OS/c1-19-6-4-2-3-5-15-12(18)9-7-10(13)16-11(8-9)17-14/h7-8H,2-6,14H2,1H3,(H,15,18)(H,16,17). The highest BCUT2D eigenvalue weighted by molar-refractivity contribution is 7.98. The fourth-order valence-corrected chi connectivity index (χ4v) is 2.26. The van der Waals surface area contributed by atoms with E-state index in [1.807, 2.05) is 11.8 Å². The Morgan fingerprint density at radius 1 is 1.42 bits per heavy atom. The number of unbranched alkanes of at least 4 members (excludes halogenated alkanes) is 2. The zero-order chi connectivity index (χ0) is 14.1. The Balaban J connectivity index is 2.39. The molecule has 7 heteroatoms. The van der Waals surface area contributed by atoms with Gasteiger partial charge in [-0.2, -0.15) is 11.8 Å². The molecule has 1 aromatic rings. The Hall–Kier alpha value is -0.980. The van der Waals surface area contributed by atoms with Crippen molar-refractivity contribution in [3.05, 3.63) is 22.8 Å². The molecule has 0 unspecified atom stereocenters. The Morgan fingerprint density at radius 2 is 2.21 bits per heavy atom. The normalized spacial score (nSPS) is 10.3. The topological polar surface area (TPSA) is 80.0 Å². The van der Waals surface area contributed by atoms with Crippen LogP contribution in [-0.4, -0.2) is 29.4 Å². The van der Waals surface area contributed by atoms with Crippen LogP contribution >= 0.6 is 23.4 Å². The van der Waals surface area contributed by atoms with Gasteiger partial charge in [0, 0.05) is 12.1 Å². The summed E-state index contributed by atoms with van der Waals surface area (Å²) < 4.78 is 0. The maximum Gasteiger partial charge on any atom is 0.251 e. The number of amides is 1.